The van der Waals surface area contributed by atoms with Gasteiger partial charge in [-0.3, -0.25) is 4.79 Å². The average molecular weight is 256 g/mol. The maximum atomic E-state index is 12.0. The van der Waals surface area contributed by atoms with Gasteiger partial charge in [-0.1, -0.05) is 6.92 Å². The smallest absolute Gasteiger partial charge is 0.327 e. The van der Waals surface area contributed by atoms with E-state index in [1.54, 1.807) is 0 Å². The van der Waals surface area contributed by atoms with Gasteiger partial charge in [-0.05, 0) is 52.6 Å². The molecule has 0 radical (unpaired) electrons. The molecule has 4 nitrogen and oxygen atoms in total. The second kappa shape index (κ2) is 7.10. The van der Waals surface area contributed by atoms with E-state index in [1.807, 2.05) is 20.9 Å². The maximum absolute atomic E-state index is 12.0. The van der Waals surface area contributed by atoms with E-state index in [-0.39, 0.29) is 5.97 Å². The van der Waals surface area contributed by atoms with Crippen LogP contribution in [0.1, 0.15) is 40.0 Å². The number of ether oxygens (including phenoxy) is 1. The van der Waals surface area contributed by atoms with Crippen LogP contribution >= 0.6 is 0 Å². The van der Waals surface area contributed by atoms with Crippen molar-refractivity contribution in [3.8, 4) is 0 Å². The molecule has 0 aliphatic heterocycles. The molecule has 4 heteroatoms. The molecule has 1 unspecified atom stereocenters. The minimum atomic E-state index is -0.597. The molecule has 1 atom stereocenters. The highest BCUT2D eigenvalue weighted by Crippen LogP contribution is 2.30. The van der Waals surface area contributed by atoms with E-state index in [0.29, 0.717) is 6.61 Å². The third-order valence-electron chi connectivity index (χ3n) is 3.57. The molecule has 0 aromatic carbocycles. The maximum Gasteiger partial charge on any atom is 0.327 e. The molecular weight excluding hydrogens is 228 g/mol. The van der Waals surface area contributed by atoms with E-state index >= 15 is 0 Å². The van der Waals surface area contributed by atoms with Crippen molar-refractivity contribution in [1.82, 2.24) is 10.2 Å². The minimum absolute atomic E-state index is 0.149. The zero-order chi connectivity index (χ0) is 13.6. The fourth-order valence-corrected chi connectivity index (χ4v) is 2.20. The van der Waals surface area contributed by atoms with E-state index in [1.165, 1.54) is 12.8 Å². The molecule has 0 spiro atoms. The lowest BCUT2D eigenvalue weighted by Crippen LogP contribution is -2.56. The van der Waals surface area contributed by atoms with Crippen molar-refractivity contribution in [3.05, 3.63) is 0 Å². The van der Waals surface area contributed by atoms with Crippen LogP contribution in [0.25, 0.3) is 0 Å². The number of hydrogen-bond donors (Lipinski definition) is 1. The molecule has 0 saturated heterocycles. The Hall–Kier alpha value is -0.610. The number of hydrogen-bond acceptors (Lipinski definition) is 4. The van der Waals surface area contributed by atoms with E-state index in [0.717, 1.165) is 32.0 Å². The van der Waals surface area contributed by atoms with Gasteiger partial charge in [0.1, 0.15) is 5.54 Å². The number of likely N-dealkylation sites (N-methyl/N-ethyl adjacent to an activating group) is 1. The van der Waals surface area contributed by atoms with Gasteiger partial charge < -0.3 is 15.0 Å². The van der Waals surface area contributed by atoms with Crippen LogP contribution < -0.4 is 5.32 Å². The summed E-state index contributed by atoms with van der Waals surface area (Å²) < 4.78 is 5.17. The summed E-state index contributed by atoms with van der Waals surface area (Å²) in [5, 5.41) is 3.13. The van der Waals surface area contributed by atoms with Gasteiger partial charge in [0.05, 0.1) is 6.61 Å². The highest BCUT2D eigenvalue weighted by molar-refractivity contribution is 5.80. The Labute approximate surface area is 111 Å². The lowest BCUT2D eigenvalue weighted by atomic mass is 10.0. The average Bonchev–Trinajstić information content (AvgIpc) is 3.13. The Balaban J connectivity index is 2.57. The second-order valence-electron chi connectivity index (χ2n) is 5.48. The van der Waals surface area contributed by atoms with Crippen LogP contribution in [0.4, 0.5) is 0 Å². The van der Waals surface area contributed by atoms with Gasteiger partial charge in [0, 0.05) is 13.1 Å². The van der Waals surface area contributed by atoms with Crippen LogP contribution in [0.3, 0.4) is 0 Å². The standard InChI is InChI=1S/C14H28N2O2/c1-5-9-16(10-12-7-8-12)11-14(3,15-4)13(17)18-6-2/h12,15H,5-11H2,1-4H3. The fraction of sp³-hybridized carbons (Fsp3) is 0.929. The van der Waals surface area contributed by atoms with Gasteiger partial charge >= 0.3 is 5.97 Å². The Morgan fingerprint density at radius 1 is 1.44 bits per heavy atom. The zero-order valence-electron chi connectivity index (χ0n) is 12.3. The fourth-order valence-electron chi connectivity index (χ4n) is 2.20. The van der Waals surface area contributed by atoms with Crippen LogP contribution in [0.2, 0.25) is 0 Å². The third kappa shape index (κ3) is 4.58. The highest BCUT2D eigenvalue weighted by Gasteiger charge is 2.36. The Morgan fingerprint density at radius 3 is 2.56 bits per heavy atom. The summed E-state index contributed by atoms with van der Waals surface area (Å²) in [6.45, 7) is 9.29. The summed E-state index contributed by atoms with van der Waals surface area (Å²) in [4.78, 5) is 14.4. The molecule has 1 aliphatic rings. The predicted molar refractivity (Wildman–Crippen MR) is 73.6 cm³/mol. The lowest BCUT2D eigenvalue weighted by Gasteiger charge is -2.33. The SMILES string of the molecule is CCCN(CC1CC1)CC(C)(NC)C(=O)OCC. The van der Waals surface area contributed by atoms with Crippen LogP contribution in [0, 0.1) is 5.92 Å². The monoisotopic (exact) mass is 256 g/mol. The summed E-state index contributed by atoms with van der Waals surface area (Å²) in [6.07, 6.45) is 3.81. The Bertz CT molecular complexity index is 267. The summed E-state index contributed by atoms with van der Waals surface area (Å²) in [5.41, 5.74) is -0.597. The lowest BCUT2D eigenvalue weighted by molar-refractivity contribution is -0.151. The first-order valence-electron chi connectivity index (χ1n) is 7.14. The second-order valence-corrected chi connectivity index (χ2v) is 5.48. The van der Waals surface area contributed by atoms with Crippen molar-refractivity contribution >= 4 is 5.97 Å². The van der Waals surface area contributed by atoms with Crippen LogP contribution in [-0.2, 0) is 9.53 Å². The molecule has 0 aromatic rings. The van der Waals surface area contributed by atoms with Gasteiger partial charge in [-0.2, -0.15) is 0 Å². The molecule has 1 fully saturated rings. The normalized spacial score (nSPS) is 18.7. The van der Waals surface area contributed by atoms with Crippen molar-refractivity contribution < 1.29 is 9.53 Å². The number of nitrogens with one attached hydrogen (secondary N) is 1. The van der Waals surface area contributed by atoms with Gasteiger partial charge in [0.2, 0.25) is 0 Å². The van der Waals surface area contributed by atoms with Gasteiger partial charge in [-0.15, -0.1) is 0 Å². The molecule has 18 heavy (non-hydrogen) atoms. The van der Waals surface area contributed by atoms with Gasteiger partial charge in [0.25, 0.3) is 0 Å². The zero-order valence-corrected chi connectivity index (χ0v) is 12.3. The van der Waals surface area contributed by atoms with Crippen molar-refractivity contribution in [2.75, 3.05) is 33.3 Å². The predicted octanol–water partition coefficient (Wildman–Crippen LogP) is 1.65. The minimum Gasteiger partial charge on any atom is -0.465 e. The molecule has 1 N–H and O–H groups in total. The van der Waals surface area contributed by atoms with Gasteiger partial charge in [0.15, 0.2) is 0 Å². The van der Waals surface area contributed by atoms with Gasteiger partial charge in [-0.25, -0.2) is 0 Å². The molecule has 0 heterocycles. The summed E-state index contributed by atoms with van der Waals surface area (Å²) in [7, 11) is 1.83. The van der Waals surface area contributed by atoms with Crippen LogP contribution in [-0.4, -0.2) is 49.7 Å². The first kappa shape index (κ1) is 15.4. The first-order valence-corrected chi connectivity index (χ1v) is 7.14. The molecular formula is C14H28N2O2. The highest BCUT2D eigenvalue weighted by atomic mass is 16.5. The number of nitrogens with zero attached hydrogens (tertiary/aromatic N) is 1. The topological polar surface area (TPSA) is 41.6 Å². The molecule has 1 saturated carbocycles. The van der Waals surface area contributed by atoms with Crippen LogP contribution in [0.5, 0.6) is 0 Å². The van der Waals surface area contributed by atoms with E-state index < -0.39 is 5.54 Å². The summed E-state index contributed by atoms with van der Waals surface area (Å²) >= 11 is 0. The largest absolute Gasteiger partial charge is 0.465 e. The Kier molecular flexibility index (Phi) is 6.09. The van der Waals surface area contributed by atoms with E-state index in [4.69, 9.17) is 4.74 Å². The number of carbonyl (C=O) groups excluding carboxylic acids is 1. The Morgan fingerprint density at radius 2 is 2.11 bits per heavy atom. The quantitative estimate of drug-likeness (QED) is 0.637. The number of rotatable bonds is 9. The molecule has 0 bridgehead atoms. The van der Waals surface area contributed by atoms with Crippen molar-refractivity contribution in [1.29, 1.82) is 0 Å². The molecule has 106 valence electrons. The first-order chi connectivity index (χ1) is 8.55. The van der Waals surface area contributed by atoms with Crippen molar-refractivity contribution in [2.24, 2.45) is 5.92 Å². The number of carbonyl (C=O) groups is 1. The summed E-state index contributed by atoms with van der Waals surface area (Å²) in [6, 6.07) is 0. The molecule has 1 aliphatic carbocycles. The van der Waals surface area contributed by atoms with Crippen molar-refractivity contribution in [3.63, 3.8) is 0 Å². The van der Waals surface area contributed by atoms with E-state index in [2.05, 4.69) is 17.1 Å². The number of esters is 1. The van der Waals surface area contributed by atoms with E-state index in [9.17, 15) is 4.79 Å². The summed E-state index contributed by atoms with van der Waals surface area (Å²) in [5.74, 6) is 0.698. The third-order valence-corrected chi connectivity index (χ3v) is 3.57. The van der Waals surface area contributed by atoms with Crippen molar-refractivity contribution in [2.45, 2.75) is 45.6 Å². The molecule has 1 rings (SSSR count). The molecule has 0 aromatic heterocycles. The molecule has 0 amide bonds. The van der Waals surface area contributed by atoms with Crippen LogP contribution in [0.15, 0.2) is 0 Å².